The van der Waals surface area contributed by atoms with E-state index in [-0.39, 0.29) is 18.9 Å². The van der Waals surface area contributed by atoms with Gasteiger partial charge in [0.05, 0.1) is 6.04 Å². The first-order chi connectivity index (χ1) is 12.6. The number of carbonyl (C=O) groups is 1. The number of ether oxygens (including phenoxy) is 2. The van der Waals surface area contributed by atoms with E-state index in [0.29, 0.717) is 5.92 Å². The molecule has 5 heteroatoms. The van der Waals surface area contributed by atoms with Crippen LogP contribution in [0.2, 0.25) is 0 Å². The van der Waals surface area contributed by atoms with Crippen molar-refractivity contribution in [2.45, 2.75) is 26.3 Å². The molecule has 2 amide bonds. The van der Waals surface area contributed by atoms with Crippen LogP contribution in [0.3, 0.4) is 0 Å². The maximum absolute atomic E-state index is 12.4. The second-order valence-electron chi connectivity index (χ2n) is 7.24. The monoisotopic (exact) mass is 352 g/mol. The summed E-state index contributed by atoms with van der Waals surface area (Å²) in [7, 11) is 0. The lowest BCUT2D eigenvalue weighted by Gasteiger charge is -2.40. The maximum Gasteiger partial charge on any atom is 0.317 e. The summed E-state index contributed by atoms with van der Waals surface area (Å²) in [4.78, 5) is 14.3. The molecule has 136 valence electrons. The van der Waals surface area contributed by atoms with Gasteiger partial charge in [-0.15, -0.1) is 0 Å². The Hall–Kier alpha value is -2.69. The van der Waals surface area contributed by atoms with Crippen LogP contribution in [-0.2, 0) is 6.42 Å². The van der Waals surface area contributed by atoms with Gasteiger partial charge >= 0.3 is 6.03 Å². The number of nitrogens with zero attached hydrogens (tertiary/aromatic N) is 1. The molecule has 0 aliphatic carbocycles. The van der Waals surface area contributed by atoms with Crippen molar-refractivity contribution in [2.75, 3.05) is 19.9 Å². The van der Waals surface area contributed by atoms with Crippen LogP contribution in [-0.4, -0.2) is 30.8 Å². The Morgan fingerprint density at radius 1 is 1.15 bits per heavy atom. The zero-order valence-electron chi connectivity index (χ0n) is 15.2. The highest BCUT2D eigenvalue weighted by atomic mass is 16.7. The number of fused-ring (bicyclic) bond motifs is 1. The van der Waals surface area contributed by atoms with Crippen LogP contribution in [0.1, 0.15) is 29.7 Å². The van der Waals surface area contributed by atoms with E-state index in [1.165, 1.54) is 11.1 Å². The van der Waals surface area contributed by atoms with Gasteiger partial charge in [0, 0.05) is 13.1 Å². The molecule has 2 aromatic carbocycles. The largest absolute Gasteiger partial charge is 0.454 e. The van der Waals surface area contributed by atoms with Crippen LogP contribution >= 0.6 is 0 Å². The first kappa shape index (κ1) is 16.8. The number of benzene rings is 2. The minimum Gasteiger partial charge on any atom is -0.454 e. The van der Waals surface area contributed by atoms with Crippen LogP contribution in [0, 0.1) is 12.8 Å². The quantitative estimate of drug-likeness (QED) is 0.913. The summed E-state index contributed by atoms with van der Waals surface area (Å²) in [6, 6.07) is 14.4. The minimum absolute atomic E-state index is 0.00433. The van der Waals surface area contributed by atoms with E-state index in [9.17, 15) is 4.79 Å². The van der Waals surface area contributed by atoms with Crippen LogP contribution < -0.4 is 14.8 Å². The van der Waals surface area contributed by atoms with Gasteiger partial charge in [0.1, 0.15) is 0 Å². The molecule has 0 radical (unpaired) electrons. The molecule has 0 aromatic heterocycles. The molecule has 2 aromatic rings. The third-order valence-corrected chi connectivity index (χ3v) is 5.13. The Labute approximate surface area is 153 Å². The summed E-state index contributed by atoms with van der Waals surface area (Å²) in [5.74, 6) is 2.05. The molecule has 1 saturated heterocycles. The number of hydrogen-bond acceptors (Lipinski definition) is 3. The molecular weight excluding hydrogens is 328 g/mol. The number of hydrogen-bond donors (Lipinski definition) is 1. The Morgan fingerprint density at radius 3 is 2.65 bits per heavy atom. The third-order valence-electron chi connectivity index (χ3n) is 5.13. The highest BCUT2D eigenvalue weighted by Gasteiger charge is 2.31. The Kier molecular flexibility index (Phi) is 4.45. The Morgan fingerprint density at radius 2 is 1.88 bits per heavy atom. The lowest BCUT2D eigenvalue weighted by molar-refractivity contribution is 0.118. The van der Waals surface area contributed by atoms with E-state index in [1.807, 2.05) is 30.0 Å². The van der Waals surface area contributed by atoms with Gasteiger partial charge in [-0.2, -0.15) is 0 Å². The molecule has 5 nitrogen and oxygen atoms in total. The zero-order valence-corrected chi connectivity index (χ0v) is 15.2. The molecule has 0 bridgehead atoms. The number of carbonyl (C=O) groups excluding carboxylic acids is 1. The maximum atomic E-state index is 12.4. The number of urea groups is 1. The SMILES string of the molecule is Cc1ccc(CC2CN(C(=O)NC(C)c3ccc4c(c3)OCO4)C2)cc1. The summed E-state index contributed by atoms with van der Waals surface area (Å²) < 4.78 is 10.7. The van der Waals surface area contributed by atoms with Gasteiger partial charge in [-0.05, 0) is 49.4 Å². The zero-order chi connectivity index (χ0) is 18.1. The number of likely N-dealkylation sites (tertiary alicyclic amines) is 1. The lowest BCUT2D eigenvalue weighted by Crippen LogP contribution is -2.54. The van der Waals surface area contributed by atoms with Crippen molar-refractivity contribution in [1.29, 1.82) is 0 Å². The fourth-order valence-electron chi connectivity index (χ4n) is 3.46. The number of aryl methyl sites for hydroxylation is 1. The van der Waals surface area contributed by atoms with Crippen molar-refractivity contribution >= 4 is 6.03 Å². The fraction of sp³-hybridized carbons (Fsp3) is 0.381. The van der Waals surface area contributed by atoms with Gasteiger partial charge in [0.15, 0.2) is 11.5 Å². The summed E-state index contributed by atoms with van der Waals surface area (Å²) in [5, 5.41) is 3.07. The number of amides is 2. The van der Waals surface area contributed by atoms with Crippen LogP contribution in [0.4, 0.5) is 4.79 Å². The second kappa shape index (κ2) is 6.90. The van der Waals surface area contributed by atoms with E-state index in [0.717, 1.165) is 36.6 Å². The predicted octanol–water partition coefficient (Wildman–Crippen LogP) is 3.67. The molecule has 0 spiro atoms. The molecule has 4 rings (SSSR count). The van der Waals surface area contributed by atoms with Gasteiger partial charge < -0.3 is 19.7 Å². The van der Waals surface area contributed by atoms with Crippen molar-refractivity contribution < 1.29 is 14.3 Å². The standard InChI is InChI=1S/C21H24N2O3/c1-14-3-5-16(6-4-14)9-17-11-23(12-17)21(24)22-15(2)18-7-8-19-20(10-18)26-13-25-19/h3-8,10,15,17H,9,11-13H2,1-2H3,(H,22,24). The summed E-state index contributed by atoms with van der Waals surface area (Å²) >= 11 is 0. The number of nitrogens with one attached hydrogen (secondary N) is 1. The van der Waals surface area contributed by atoms with Gasteiger partial charge in [0.25, 0.3) is 0 Å². The average molecular weight is 352 g/mol. The topological polar surface area (TPSA) is 50.8 Å². The minimum atomic E-state index is -0.0758. The molecule has 2 aliphatic heterocycles. The Balaban J connectivity index is 1.27. The first-order valence-corrected chi connectivity index (χ1v) is 9.09. The van der Waals surface area contributed by atoms with Gasteiger partial charge in [-0.25, -0.2) is 4.79 Å². The molecule has 0 saturated carbocycles. The van der Waals surface area contributed by atoms with Gasteiger partial charge in [-0.1, -0.05) is 35.9 Å². The van der Waals surface area contributed by atoms with Crippen molar-refractivity contribution in [3.8, 4) is 11.5 Å². The van der Waals surface area contributed by atoms with E-state index in [1.54, 1.807) is 0 Å². The second-order valence-corrected chi connectivity index (χ2v) is 7.24. The van der Waals surface area contributed by atoms with Crippen molar-refractivity contribution in [3.63, 3.8) is 0 Å². The van der Waals surface area contributed by atoms with E-state index >= 15 is 0 Å². The molecular formula is C21H24N2O3. The molecule has 1 fully saturated rings. The molecule has 1 atom stereocenters. The molecule has 2 heterocycles. The predicted molar refractivity (Wildman–Crippen MR) is 99.5 cm³/mol. The molecule has 1 N–H and O–H groups in total. The average Bonchev–Trinajstić information content (AvgIpc) is 3.06. The first-order valence-electron chi connectivity index (χ1n) is 9.09. The summed E-state index contributed by atoms with van der Waals surface area (Å²) in [5.41, 5.74) is 3.63. The summed E-state index contributed by atoms with van der Waals surface area (Å²) in [6.45, 7) is 5.97. The highest BCUT2D eigenvalue weighted by Crippen LogP contribution is 2.34. The van der Waals surface area contributed by atoms with Crippen molar-refractivity contribution in [2.24, 2.45) is 5.92 Å². The summed E-state index contributed by atoms with van der Waals surface area (Å²) in [6.07, 6.45) is 1.03. The van der Waals surface area contributed by atoms with E-state index < -0.39 is 0 Å². The smallest absolute Gasteiger partial charge is 0.317 e. The van der Waals surface area contributed by atoms with E-state index in [2.05, 4.69) is 36.5 Å². The van der Waals surface area contributed by atoms with Crippen molar-refractivity contribution in [1.82, 2.24) is 10.2 Å². The van der Waals surface area contributed by atoms with Gasteiger partial charge in [-0.3, -0.25) is 0 Å². The molecule has 2 aliphatic rings. The Bertz CT molecular complexity index is 797. The fourth-order valence-corrected chi connectivity index (χ4v) is 3.46. The normalized spacial score (nSPS) is 16.9. The number of rotatable bonds is 4. The highest BCUT2D eigenvalue weighted by molar-refractivity contribution is 5.75. The van der Waals surface area contributed by atoms with Crippen LogP contribution in [0.25, 0.3) is 0 Å². The molecule has 1 unspecified atom stereocenters. The van der Waals surface area contributed by atoms with Gasteiger partial charge in [0.2, 0.25) is 6.79 Å². The van der Waals surface area contributed by atoms with Crippen LogP contribution in [0.15, 0.2) is 42.5 Å². The van der Waals surface area contributed by atoms with Crippen molar-refractivity contribution in [3.05, 3.63) is 59.2 Å². The lowest BCUT2D eigenvalue weighted by atomic mass is 9.92. The van der Waals surface area contributed by atoms with E-state index in [4.69, 9.17) is 9.47 Å². The third kappa shape index (κ3) is 3.47. The molecule has 26 heavy (non-hydrogen) atoms. The van der Waals surface area contributed by atoms with Crippen LogP contribution in [0.5, 0.6) is 11.5 Å².